The van der Waals surface area contributed by atoms with Gasteiger partial charge in [-0.25, -0.2) is 0 Å². The normalized spacial score (nSPS) is 30.5. The maximum absolute atomic E-state index is 12.7. The second-order valence-corrected chi connectivity index (χ2v) is 6.17. The summed E-state index contributed by atoms with van der Waals surface area (Å²) in [6, 6.07) is -0.238. The summed E-state index contributed by atoms with van der Waals surface area (Å²) >= 11 is 0. The minimum Gasteiger partial charge on any atom is -0.378 e. The van der Waals surface area contributed by atoms with Gasteiger partial charge in [-0.05, 0) is 32.2 Å². The molecule has 3 heterocycles. The lowest BCUT2D eigenvalue weighted by Crippen LogP contribution is -2.53. The Bertz CT molecular complexity index is 354. The number of hydrogen-bond acceptors (Lipinski definition) is 4. The fraction of sp³-hybridized carbons (Fsp3) is 0.867. The fourth-order valence-corrected chi connectivity index (χ4v) is 3.58. The third kappa shape index (κ3) is 3.21. The molecule has 1 unspecified atom stereocenters. The summed E-state index contributed by atoms with van der Waals surface area (Å²) in [5, 5.41) is 3.29. The highest BCUT2D eigenvalue weighted by Crippen LogP contribution is 2.24. The number of carbonyl (C=O) groups is 2. The molecule has 0 saturated carbocycles. The quantitative estimate of drug-likeness (QED) is 0.769. The van der Waals surface area contributed by atoms with Crippen molar-refractivity contribution >= 4 is 11.8 Å². The molecular formula is C15H25N3O3. The zero-order chi connectivity index (χ0) is 14.7. The van der Waals surface area contributed by atoms with Crippen LogP contribution >= 0.6 is 0 Å². The van der Waals surface area contributed by atoms with Crippen molar-refractivity contribution in [3.63, 3.8) is 0 Å². The molecular weight excluding hydrogens is 270 g/mol. The van der Waals surface area contributed by atoms with Crippen molar-refractivity contribution < 1.29 is 14.3 Å². The van der Waals surface area contributed by atoms with E-state index in [-0.39, 0.29) is 23.8 Å². The van der Waals surface area contributed by atoms with Gasteiger partial charge in [0.05, 0.1) is 19.1 Å². The lowest BCUT2D eigenvalue weighted by molar-refractivity contribution is -0.148. The minimum absolute atomic E-state index is 0.0526. The molecule has 2 amide bonds. The Labute approximate surface area is 125 Å². The molecule has 0 bridgehead atoms. The second kappa shape index (κ2) is 6.75. The maximum Gasteiger partial charge on any atom is 0.245 e. The third-order valence-electron chi connectivity index (χ3n) is 4.79. The summed E-state index contributed by atoms with van der Waals surface area (Å²) in [5.74, 6) is 0.344. The number of hydrogen-bond donors (Lipinski definition) is 1. The van der Waals surface area contributed by atoms with Gasteiger partial charge >= 0.3 is 0 Å². The number of piperidine rings is 1. The summed E-state index contributed by atoms with van der Waals surface area (Å²) < 4.78 is 5.30. The van der Waals surface area contributed by atoms with Gasteiger partial charge in [0.25, 0.3) is 0 Å². The Kier molecular flexibility index (Phi) is 4.75. The first-order valence-corrected chi connectivity index (χ1v) is 8.15. The van der Waals surface area contributed by atoms with Gasteiger partial charge in [-0.1, -0.05) is 0 Å². The van der Waals surface area contributed by atoms with Crippen molar-refractivity contribution in [1.82, 2.24) is 15.1 Å². The van der Waals surface area contributed by atoms with Crippen LogP contribution in [0.15, 0.2) is 0 Å². The Balaban J connectivity index is 1.63. The highest BCUT2D eigenvalue weighted by molar-refractivity contribution is 5.89. The van der Waals surface area contributed by atoms with Crippen molar-refractivity contribution in [3.05, 3.63) is 0 Å². The monoisotopic (exact) mass is 295 g/mol. The van der Waals surface area contributed by atoms with E-state index in [0.29, 0.717) is 26.3 Å². The van der Waals surface area contributed by atoms with E-state index in [4.69, 9.17) is 4.74 Å². The zero-order valence-electron chi connectivity index (χ0n) is 12.6. The minimum atomic E-state index is -0.238. The van der Waals surface area contributed by atoms with Crippen molar-refractivity contribution in [2.75, 3.05) is 45.9 Å². The molecule has 3 aliphatic rings. The number of carbonyl (C=O) groups excluding carboxylic acids is 2. The predicted octanol–water partition coefficient (Wildman–Crippen LogP) is -0.164. The van der Waals surface area contributed by atoms with Crippen LogP contribution in [-0.4, -0.2) is 73.6 Å². The number of rotatable bonds is 2. The fourth-order valence-electron chi connectivity index (χ4n) is 3.58. The van der Waals surface area contributed by atoms with Gasteiger partial charge in [-0.3, -0.25) is 9.59 Å². The second-order valence-electron chi connectivity index (χ2n) is 6.17. The predicted molar refractivity (Wildman–Crippen MR) is 77.7 cm³/mol. The molecule has 3 aliphatic heterocycles. The van der Waals surface area contributed by atoms with E-state index in [0.717, 1.165) is 45.3 Å². The van der Waals surface area contributed by atoms with Crippen LogP contribution in [0.3, 0.4) is 0 Å². The van der Waals surface area contributed by atoms with Crippen molar-refractivity contribution in [2.45, 2.75) is 31.7 Å². The lowest BCUT2D eigenvalue weighted by atomic mass is 9.97. The number of morpholine rings is 1. The first kappa shape index (κ1) is 14.8. The van der Waals surface area contributed by atoms with Gasteiger partial charge in [0.1, 0.15) is 6.04 Å². The summed E-state index contributed by atoms with van der Waals surface area (Å²) in [5.41, 5.74) is 0. The van der Waals surface area contributed by atoms with E-state index in [1.807, 2.05) is 9.80 Å². The smallest absolute Gasteiger partial charge is 0.245 e. The zero-order valence-corrected chi connectivity index (χ0v) is 12.6. The Hall–Kier alpha value is -1.14. The number of nitrogens with one attached hydrogen (secondary N) is 1. The molecule has 6 nitrogen and oxygen atoms in total. The van der Waals surface area contributed by atoms with Gasteiger partial charge in [0.2, 0.25) is 11.8 Å². The average Bonchev–Trinajstić information content (AvgIpc) is 3.04. The number of likely N-dealkylation sites (tertiary alicyclic amines) is 1. The van der Waals surface area contributed by atoms with Crippen LogP contribution in [0, 0.1) is 5.92 Å². The van der Waals surface area contributed by atoms with Crippen LogP contribution in [0.2, 0.25) is 0 Å². The molecule has 0 aromatic heterocycles. The lowest BCUT2D eigenvalue weighted by Gasteiger charge is -2.34. The molecule has 0 aromatic carbocycles. The van der Waals surface area contributed by atoms with Gasteiger partial charge in [0, 0.05) is 26.2 Å². The van der Waals surface area contributed by atoms with Gasteiger partial charge in [-0.2, -0.15) is 0 Å². The van der Waals surface area contributed by atoms with Crippen LogP contribution in [-0.2, 0) is 14.3 Å². The van der Waals surface area contributed by atoms with Gasteiger partial charge < -0.3 is 19.9 Å². The van der Waals surface area contributed by atoms with Crippen LogP contribution in [0.4, 0.5) is 0 Å². The summed E-state index contributed by atoms with van der Waals surface area (Å²) in [6.45, 7) is 5.02. The molecule has 0 aromatic rings. The number of nitrogens with zero attached hydrogens (tertiary/aromatic N) is 2. The van der Waals surface area contributed by atoms with E-state index >= 15 is 0 Å². The molecule has 0 radical (unpaired) electrons. The molecule has 3 rings (SSSR count). The molecule has 6 heteroatoms. The van der Waals surface area contributed by atoms with E-state index < -0.39 is 0 Å². The molecule has 21 heavy (non-hydrogen) atoms. The van der Waals surface area contributed by atoms with Crippen molar-refractivity contribution in [3.8, 4) is 0 Å². The Morgan fingerprint density at radius 2 is 1.81 bits per heavy atom. The van der Waals surface area contributed by atoms with Crippen LogP contribution in [0.5, 0.6) is 0 Å². The Morgan fingerprint density at radius 3 is 2.52 bits per heavy atom. The first-order chi connectivity index (χ1) is 10.3. The maximum atomic E-state index is 12.7. The van der Waals surface area contributed by atoms with E-state index in [1.54, 1.807) is 0 Å². The van der Waals surface area contributed by atoms with Gasteiger partial charge in [0.15, 0.2) is 0 Å². The standard InChI is InChI=1S/C15H25N3O3/c19-14(12-3-1-5-16-11-12)18-6-2-4-13(18)15(20)17-7-9-21-10-8-17/h12-13,16H,1-11H2/t12-,13?/m0/s1. The van der Waals surface area contributed by atoms with Gasteiger partial charge in [-0.15, -0.1) is 0 Å². The van der Waals surface area contributed by atoms with E-state index in [9.17, 15) is 9.59 Å². The molecule has 3 saturated heterocycles. The molecule has 2 atom stereocenters. The van der Waals surface area contributed by atoms with Crippen LogP contribution in [0.25, 0.3) is 0 Å². The Morgan fingerprint density at radius 1 is 1.00 bits per heavy atom. The highest BCUT2D eigenvalue weighted by Gasteiger charge is 2.39. The van der Waals surface area contributed by atoms with E-state index in [1.165, 1.54) is 0 Å². The SMILES string of the molecule is O=C(C1CCCN1C(=O)[C@H]1CCCNC1)N1CCOCC1. The van der Waals surface area contributed by atoms with Crippen LogP contribution in [0.1, 0.15) is 25.7 Å². The summed E-state index contributed by atoms with van der Waals surface area (Å²) in [4.78, 5) is 29.1. The third-order valence-corrected chi connectivity index (χ3v) is 4.79. The molecule has 1 N–H and O–H groups in total. The molecule has 0 spiro atoms. The van der Waals surface area contributed by atoms with Crippen molar-refractivity contribution in [1.29, 1.82) is 0 Å². The van der Waals surface area contributed by atoms with Crippen LogP contribution < -0.4 is 5.32 Å². The largest absolute Gasteiger partial charge is 0.378 e. The van der Waals surface area contributed by atoms with E-state index in [2.05, 4.69) is 5.32 Å². The first-order valence-electron chi connectivity index (χ1n) is 8.15. The molecule has 0 aliphatic carbocycles. The number of ether oxygens (including phenoxy) is 1. The topological polar surface area (TPSA) is 61.9 Å². The van der Waals surface area contributed by atoms with Crippen molar-refractivity contribution in [2.24, 2.45) is 5.92 Å². The summed E-state index contributed by atoms with van der Waals surface area (Å²) in [6.07, 6.45) is 3.74. The molecule has 3 fully saturated rings. The summed E-state index contributed by atoms with van der Waals surface area (Å²) in [7, 11) is 0. The highest BCUT2D eigenvalue weighted by atomic mass is 16.5. The number of amides is 2. The molecule has 118 valence electrons. The average molecular weight is 295 g/mol.